The van der Waals surface area contributed by atoms with E-state index in [1.807, 2.05) is 13.0 Å². The number of benzene rings is 1. The van der Waals surface area contributed by atoms with E-state index in [1.54, 1.807) is 6.07 Å². The Labute approximate surface area is 141 Å². The number of halogens is 2. The molecule has 2 saturated carbocycles. The van der Waals surface area contributed by atoms with Gasteiger partial charge in [0.1, 0.15) is 6.10 Å². The van der Waals surface area contributed by atoms with Gasteiger partial charge < -0.3 is 10.1 Å². The molecule has 22 heavy (non-hydrogen) atoms. The maximum Gasteiger partial charge on any atom is 0.310 e. The Bertz CT molecular complexity index is 690. The molecule has 116 valence electrons. The maximum absolute atomic E-state index is 12.7. The number of nitrogens with one attached hydrogen (secondary N) is 1. The first kappa shape index (κ1) is 14.5. The summed E-state index contributed by atoms with van der Waals surface area (Å²) in [5.74, 6) is -0.300. The number of carbonyl (C=O) groups excluding carboxylic acids is 2. The van der Waals surface area contributed by atoms with Crippen LogP contribution in [0.5, 0.6) is 0 Å². The van der Waals surface area contributed by atoms with Crippen molar-refractivity contribution >= 4 is 45.1 Å². The molecule has 1 amide bonds. The quantitative estimate of drug-likeness (QED) is 0.793. The molecule has 0 aromatic heterocycles. The number of ether oxygens (including phenoxy) is 1. The number of hydrogen-bond acceptors (Lipinski definition) is 3. The lowest BCUT2D eigenvalue weighted by Crippen LogP contribution is -2.36. The second-order valence-electron chi connectivity index (χ2n) is 6.49. The molecule has 0 radical (unpaired) electrons. The number of esters is 1. The summed E-state index contributed by atoms with van der Waals surface area (Å²) < 4.78 is 6.18. The highest BCUT2D eigenvalue weighted by atomic mass is 79.9. The predicted molar refractivity (Wildman–Crippen MR) is 85.6 cm³/mol. The van der Waals surface area contributed by atoms with E-state index in [-0.39, 0.29) is 41.7 Å². The maximum atomic E-state index is 12.7. The van der Waals surface area contributed by atoms with Gasteiger partial charge in [-0.05, 0) is 59.3 Å². The number of anilines is 1. The van der Waals surface area contributed by atoms with E-state index < -0.39 is 0 Å². The smallest absolute Gasteiger partial charge is 0.310 e. The van der Waals surface area contributed by atoms with Crippen LogP contribution in [-0.4, -0.2) is 18.0 Å². The van der Waals surface area contributed by atoms with Crippen LogP contribution in [0.15, 0.2) is 16.6 Å². The Hall–Kier alpha value is -1.07. The Morgan fingerprint density at radius 3 is 2.95 bits per heavy atom. The van der Waals surface area contributed by atoms with Crippen molar-refractivity contribution in [1.82, 2.24) is 0 Å². The number of amides is 1. The van der Waals surface area contributed by atoms with Crippen molar-refractivity contribution < 1.29 is 14.3 Å². The van der Waals surface area contributed by atoms with Gasteiger partial charge in [-0.3, -0.25) is 9.59 Å². The predicted octanol–water partition coefficient (Wildman–Crippen LogP) is 3.55. The molecule has 4 nitrogen and oxygen atoms in total. The average molecular weight is 385 g/mol. The van der Waals surface area contributed by atoms with Gasteiger partial charge in [0, 0.05) is 16.1 Å². The van der Waals surface area contributed by atoms with Crippen LogP contribution >= 0.6 is 27.5 Å². The standard InChI is InChI=1S/C16H15BrClNO3/c1-6-2-9(17)10(18)5-11(6)19-15(20)13-7-3-8-12(4-7)22-16(21)14(8)13/h2,5,7-8,12-14H,3-4H2,1H3,(H,19,20)/t7-,8+,12-,13+,14+/m0/s1. The molecule has 6 heteroatoms. The molecule has 4 rings (SSSR count). The zero-order valence-corrected chi connectivity index (χ0v) is 14.3. The molecular weight excluding hydrogens is 370 g/mol. The van der Waals surface area contributed by atoms with Crippen molar-refractivity contribution in [3.63, 3.8) is 0 Å². The van der Waals surface area contributed by atoms with Crippen molar-refractivity contribution in [1.29, 1.82) is 0 Å². The summed E-state index contributed by atoms with van der Waals surface area (Å²) in [5.41, 5.74) is 1.63. The second kappa shape index (κ2) is 4.96. The summed E-state index contributed by atoms with van der Waals surface area (Å²) in [5, 5.41) is 3.51. The molecule has 0 spiro atoms. The highest BCUT2D eigenvalue weighted by Crippen LogP contribution is 2.57. The van der Waals surface area contributed by atoms with E-state index in [1.165, 1.54) is 0 Å². The van der Waals surface area contributed by atoms with Crippen molar-refractivity contribution in [2.75, 3.05) is 5.32 Å². The fraction of sp³-hybridized carbons (Fsp3) is 0.500. The molecular formula is C16H15BrClNO3. The van der Waals surface area contributed by atoms with Crippen molar-refractivity contribution in [2.45, 2.75) is 25.9 Å². The summed E-state index contributed by atoms with van der Waals surface area (Å²) >= 11 is 9.47. The fourth-order valence-corrected chi connectivity index (χ4v) is 4.98. The summed E-state index contributed by atoms with van der Waals surface area (Å²) in [6.07, 6.45) is 1.81. The van der Waals surface area contributed by atoms with Gasteiger partial charge >= 0.3 is 5.97 Å². The van der Waals surface area contributed by atoms with E-state index in [0.29, 0.717) is 10.7 Å². The Morgan fingerprint density at radius 2 is 2.18 bits per heavy atom. The third-order valence-electron chi connectivity index (χ3n) is 5.31. The number of rotatable bonds is 2. The summed E-state index contributed by atoms with van der Waals surface area (Å²) in [4.78, 5) is 24.7. The zero-order chi connectivity index (χ0) is 15.6. The van der Waals surface area contributed by atoms with Crippen LogP contribution in [0.25, 0.3) is 0 Å². The molecule has 5 atom stereocenters. The van der Waals surface area contributed by atoms with Gasteiger partial charge in [-0.25, -0.2) is 0 Å². The Kier molecular flexibility index (Phi) is 3.28. The molecule has 1 aliphatic heterocycles. The topological polar surface area (TPSA) is 55.4 Å². The minimum Gasteiger partial charge on any atom is -0.462 e. The Morgan fingerprint density at radius 1 is 1.41 bits per heavy atom. The van der Waals surface area contributed by atoms with Crippen LogP contribution in [0.3, 0.4) is 0 Å². The van der Waals surface area contributed by atoms with Gasteiger partial charge in [-0.1, -0.05) is 11.6 Å². The van der Waals surface area contributed by atoms with Crippen LogP contribution in [-0.2, 0) is 14.3 Å². The minimum absolute atomic E-state index is 0.0513. The van der Waals surface area contributed by atoms with Gasteiger partial charge in [0.2, 0.25) is 5.91 Å². The lowest BCUT2D eigenvalue weighted by Gasteiger charge is -2.24. The number of carbonyl (C=O) groups is 2. The normalized spacial score (nSPS) is 34.9. The lowest BCUT2D eigenvalue weighted by molar-refractivity contribution is -0.145. The molecule has 1 heterocycles. The van der Waals surface area contributed by atoms with Crippen molar-refractivity contribution in [2.24, 2.45) is 23.7 Å². The third kappa shape index (κ3) is 2.02. The summed E-state index contributed by atoms with van der Waals surface area (Å²) in [6.45, 7) is 1.91. The largest absolute Gasteiger partial charge is 0.462 e. The molecule has 3 fully saturated rings. The fourth-order valence-electron chi connectivity index (χ4n) is 4.36. The molecule has 2 bridgehead atoms. The van der Waals surface area contributed by atoms with E-state index in [0.717, 1.165) is 22.9 Å². The van der Waals surface area contributed by atoms with Gasteiger partial charge in [-0.2, -0.15) is 0 Å². The first-order valence-corrected chi connectivity index (χ1v) is 8.60. The van der Waals surface area contributed by atoms with Gasteiger partial charge in [-0.15, -0.1) is 0 Å². The van der Waals surface area contributed by atoms with Crippen molar-refractivity contribution in [3.8, 4) is 0 Å². The molecule has 1 saturated heterocycles. The minimum atomic E-state index is -0.266. The van der Waals surface area contributed by atoms with Crippen LogP contribution in [0.4, 0.5) is 5.69 Å². The third-order valence-corrected chi connectivity index (χ3v) is 6.51. The molecule has 1 aromatic rings. The van der Waals surface area contributed by atoms with Gasteiger partial charge in [0.15, 0.2) is 0 Å². The highest BCUT2D eigenvalue weighted by Gasteiger charge is 2.63. The summed E-state index contributed by atoms with van der Waals surface area (Å²) in [7, 11) is 0. The average Bonchev–Trinajstić information content (AvgIpc) is 3.05. The van der Waals surface area contributed by atoms with Gasteiger partial charge in [0.05, 0.1) is 16.9 Å². The Balaban J connectivity index is 1.59. The van der Waals surface area contributed by atoms with Crippen LogP contribution in [0.2, 0.25) is 5.02 Å². The first-order chi connectivity index (χ1) is 10.5. The lowest BCUT2D eigenvalue weighted by atomic mass is 9.79. The van der Waals surface area contributed by atoms with Crippen LogP contribution in [0, 0.1) is 30.6 Å². The van der Waals surface area contributed by atoms with Crippen molar-refractivity contribution in [3.05, 3.63) is 27.2 Å². The highest BCUT2D eigenvalue weighted by molar-refractivity contribution is 9.10. The van der Waals surface area contributed by atoms with Crippen LogP contribution in [0.1, 0.15) is 18.4 Å². The SMILES string of the molecule is Cc1cc(Br)c(Cl)cc1NC(=O)[C@@H]1[C@H]2C[C@H]3[C@H]1C(=O)O[C@H]3C2. The van der Waals surface area contributed by atoms with E-state index in [9.17, 15) is 9.59 Å². The first-order valence-electron chi connectivity index (χ1n) is 7.42. The molecule has 3 aliphatic rings. The molecule has 1 N–H and O–H groups in total. The molecule has 0 unspecified atom stereocenters. The van der Waals surface area contributed by atoms with Crippen LogP contribution < -0.4 is 5.32 Å². The van der Waals surface area contributed by atoms with E-state index in [4.69, 9.17) is 16.3 Å². The number of aryl methyl sites for hydroxylation is 1. The molecule has 2 aliphatic carbocycles. The summed E-state index contributed by atoms with van der Waals surface area (Å²) in [6, 6.07) is 3.61. The monoisotopic (exact) mass is 383 g/mol. The van der Waals surface area contributed by atoms with E-state index >= 15 is 0 Å². The zero-order valence-electron chi connectivity index (χ0n) is 11.9. The van der Waals surface area contributed by atoms with Gasteiger partial charge in [0.25, 0.3) is 0 Å². The van der Waals surface area contributed by atoms with E-state index in [2.05, 4.69) is 21.2 Å². The second-order valence-corrected chi connectivity index (χ2v) is 7.75. The number of hydrogen-bond donors (Lipinski definition) is 1. The molecule has 1 aromatic carbocycles. The number of fused-ring (bicyclic) bond motifs is 1.